The first-order valence-corrected chi connectivity index (χ1v) is 10.5. The highest BCUT2D eigenvalue weighted by molar-refractivity contribution is 9.10. The second-order valence-electron chi connectivity index (χ2n) is 7.17. The first-order chi connectivity index (χ1) is 14.9. The highest BCUT2D eigenvalue weighted by Crippen LogP contribution is 2.24. The van der Waals surface area contributed by atoms with E-state index < -0.39 is 0 Å². The maximum absolute atomic E-state index is 12.4. The van der Waals surface area contributed by atoms with Gasteiger partial charge in [-0.3, -0.25) is 4.79 Å². The minimum atomic E-state index is -0.247. The van der Waals surface area contributed by atoms with Crippen molar-refractivity contribution in [3.05, 3.63) is 81.8 Å². The molecular weight excluding hydrogens is 456 g/mol. The van der Waals surface area contributed by atoms with Crippen molar-refractivity contribution >= 4 is 44.6 Å². The molecule has 0 saturated heterocycles. The summed E-state index contributed by atoms with van der Waals surface area (Å²) in [5, 5.41) is 12.0. The highest BCUT2D eigenvalue weighted by Gasteiger charge is 2.08. The van der Waals surface area contributed by atoms with Gasteiger partial charge in [0.15, 0.2) is 0 Å². The van der Waals surface area contributed by atoms with Gasteiger partial charge in [0.05, 0.1) is 12.8 Å². The van der Waals surface area contributed by atoms with Gasteiger partial charge in [0.1, 0.15) is 16.8 Å². The number of hydrogen-bond acceptors (Lipinski definition) is 4. The lowest BCUT2D eigenvalue weighted by Gasteiger charge is -2.05. The van der Waals surface area contributed by atoms with Crippen LogP contribution in [0.15, 0.2) is 65.1 Å². The summed E-state index contributed by atoms with van der Waals surface area (Å²) in [6.07, 6.45) is 3.19. The number of aromatic nitrogens is 3. The Bertz CT molecular complexity index is 1310. The molecule has 0 unspecified atom stereocenters. The molecule has 0 bridgehead atoms. The average Bonchev–Trinajstić information content (AvgIpc) is 3.17. The van der Waals surface area contributed by atoms with Crippen molar-refractivity contribution in [3.63, 3.8) is 0 Å². The quantitative estimate of drug-likeness (QED) is 0.388. The summed E-state index contributed by atoms with van der Waals surface area (Å²) in [5.41, 5.74) is 6.21. The van der Waals surface area contributed by atoms with Crippen molar-refractivity contribution in [3.8, 4) is 11.4 Å². The second-order valence-corrected chi connectivity index (χ2v) is 8.09. The number of hydrogen-bond donors (Lipinski definition) is 1. The van der Waals surface area contributed by atoms with E-state index in [0.29, 0.717) is 17.0 Å². The van der Waals surface area contributed by atoms with Crippen LogP contribution in [0.5, 0.6) is 5.75 Å². The fourth-order valence-corrected chi connectivity index (χ4v) is 3.52. The first kappa shape index (κ1) is 20.8. The van der Waals surface area contributed by atoms with E-state index >= 15 is 0 Å². The number of fused-ring (bicyclic) bond motifs is 1. The summed E-state index contributed by atoms with van der Waals surface area (Å²) in [5.74, 6) is 0.444. The van der Waals surface area contributed by atoms with Crippen LogP contribution in [0.3, 0.4) is 0 Å². The largest absolute Gasteiger partial charge is 0.496 e. The maximum Gasteiger partial charge on any atom is 0.248 e. The molecule has 0 atom stereocenters. The van der Waals surface area contributed by atoms with Crippen molar-refractivity contribution in [1.82, 2.24) is 15.0 Å². The maximum atomic E-state index is 12.4. The third kappa shape index (κ3) is 4.67. The van der Waals surface area contributed by atoms with Crippen LogP contribution in [-0.2, 0) is 4.79 Å². The number of nitrogens with one attached hydrogen (secondary N) is 1. The Morgan fingerprint density at radius 1 is 1.00 bits per heavy atom. The Morgan fingerprint density at radius 2 is 1.81 bits per heavy atom. The Labute approximate surface area is 188 Å². The summed E-state index contributed by atoms with van der Waals surface area (Å²) in [6, 6.07) is 17.2. The molecule has 1 heterocycles. The number of anilines is 1. The molecule has 3 aromatic carbocycles. The summed E-state index contributed by atoms with van der Waals surface area (Å²) in [6.45, 7) is 4.13. The number of carbonyl (C=O) groups excluding carboxylic acids is 1. The van der Waals surface area contributed by atoms with Crippen LogP contribution in [0.2, 0.25) is 0 Å². The van der Waals surface area contributed by atoms with Crippen LogP contribution in [-0.4, -0.2) is 28.0 Å². The smallest absolute Gasteiger partial charge is 0.248 e. The van der Waals surface area contributed by atoms with Crippen LogP contribution in [0.1, 0.15) is 16.7 Å². The number of halogens is 1. The molecule has 0 radical (unpaired) electrons. The van der Waals surface area contributed by atoms with Crippen molar-refractivity contribution < 1.29 is 9.53 Å². The van der Waals surface area contributed by atoms with Gasteiger partial charge in [0.2, 0.25) is 5.91 Å². The Hall–Kier alpha value is -3.45. The summed E-state index contributed by atoms with van der Waals surface area (Å²) < 4.78 is 6.24. The van der Waals surface area contributed by atoms with Crippen LogP contribution in [0.4, 0.5) is 5.69 Å². The zero-order chi connectivity index (χ0) is 22.0. The van der Waals surface area contributed by atoms with E-state index in [1.807, 2.05) is 42.5 Å². The topological polar surface area (TPSA) is 69.0 Å². The van der Waals surface area contributed by atoms with Crippen molar-refractivity contribution in [2.24, 2.45) is 0 Å². The Balaban J connectivity index is 1.53. The van der Waals surface area contributed by atoms with Gasteiger partial charge in [-0.25, -0.2) is 0 Å². The van der Waals surface area contributed by atoms with E-state index in [1.165, 1.54) is 17.2 Å². The SMILES string of the molecule is COc1ccc(Br)cc1/C=C/C(=O)Nc1ccc2nn(-c3ccc(C)c(C)c3)nc2c1. The Morgan fingerprint density at radius 3 is 2.58 bits per heavy atom. The van der Waals surface area contributed by atoms with E-state index in [0.717, 1.165) is 21.2 Å². The van der Waals surface area contributed by atoms with Gasteiger partial charge in [0.25, 0.3) is 0 Å². The first-order valence-electron chi connectivity index (χ1n) is 9.70. The molecule has 31 heavy (non-hydrogen) atoms. The molecule has 0 fully saturated rings. The lowest BCUT2D eigenvalue weighted by molar-refractivity contribution is -0.111. The molecule has 156 valence electrons. The lowest BCUT2D eigenvalue weighted by atomic mass is 10.1. The van der Waals surface area contributed by atoms with E-state index in [1.54, 1.807) is 18.0 Å². The normalized spacial score (nSPS) is 11.2. The standard InChI is InChI=1S/C24H21BrN4O2/c1-15-4-8-20(12-16(15)2)29-27-21-9-7-19(14-22(21)28-29)26-24(30)11-5-17-13-18(25)6-10-23(17)31-3/h4-14H,1-3H3,(H,26,30)/b11-5+. The summed E-state index contributed by atoms with van der Waals surface area (Å²) >= 11 is 3.43. The minimum Gasteiger partial charge on any atom is -0.496 e. The Kier molecular flexibility index (Phi) is 5.86. The van der Waals surface area contributed by atoms with Gasteiger partial charge in [-0.1, -0.05) is 22.0 Å². The van der Waals surface area contributed by atoms with Gasteiger partial charge < -0.3 is 10.1 Å². The van der Waals surface area contributed by atoms with E-state index in [-0.39, 0.29) is 5.91 Å². The minimum absolute atomic E-state index is 0.247. The van der Waals surface area contributed by atoms with Gasteiger partial charge >= 0.3 is 0 Å². The van der Waals surface area contributed by atoms with Crippen LogP contribution < -0.4 is 10.1 Å². The van der Waals surface area contributed by atoms with Gasteiger partial charge in [-0.2, -0.15) is 4.80 Å². The molecule has 0 aliphatic carbocycles. The van der Waals surface area contributed by atoms with Crippen molar-refractivity contribution in [1.29, 1.82) is 0 Å². The molecule has 4 rings (SSSR count). The monoisotopic (exact) mass is 476 g/mol. The number of rotatable bonds is 5. The van der Waals surface area contributed by atoms with Crippen molar-refractivity contribution in [2.75, 3.05) is 12.4 Å². The fraction of sp³-hybridized carbons (Fsp3) is 0.125. The molecule has 0 aliphatic heterocycles. The molecule has 0 saturated carbocycles. The molecule has 1 amide bonds. The second kappa shape index (κ2) is 8.73. The molecule has 1 aromatic heterocycles. The average molecular weight is 477 g/mol. The number of methoxy groups -OCH3 is 1. The van der Waals surface area contributed by atoms with E-state index in [2.05, 4.69) is 57.4 Å². The zero-order valence-electron chi connectivity index (χ0n) is 17.4. The fourth-order valence-electron chi connectivity index (χ4n) is 3.14. The van der Waals surface area contributed by atoms with Crippen LogP contribution in [0, 0.1) is 13.8 Å². The molecular formula is C24H21BrN4O2. The molecule has 7 heteroatoms. The number of aryl methyl sites for hydroxylation is 2. The number of carbonyl (C=O) groups is 1. The van der Waals surface area contributed by atoms with Gasteiger partial charge in [-0.05, 0) is 79.6 Å². The van der Waals surface area contributed by atoms with Crippen LogP contribution >= 0.6 is 15.9 Å². The summed E-state index contributed by atoms with van der Waals surface area (Å²) in [4.78, 5) is 14.0. The number of ether oxygens (including phenoxy) is 1. The van der Waals surface area contributed by atoms with Crippen LogP contribution in [0.25, 0.3) is 22.8 Å². The predicted molar refractivity (Wildman–Crippen MR) is 127 cm³/mol. The lowest BCUT2D eigenvalue weighted by Crippen LogP contribution is -2.07. The number of benzene rings is 3. The molecule has 1 N–H and O–H groups in total. The predicted octanol–water partition coefficient (Wildman–Crippen LogP) is 5.46. The molecule has 4 aromatic rings. The van der Waals surface area contributed by atoms with E-state index in [4.69, 9.17) is 4.74 Å². The highest BCUT2D eigenvalue weighted by atomic mass is 79.9. The van der Waals surface area contributed by atoms with Gasteiger partial charge in [-0.15, -0.1) is 10.2 Å². The van der Waals surface area contributed by atoms with Gasteiger partial charge in [0, 0.05) is 21.8 Å². The molecule has 6 nitrogen and oxygen atoms in total. The number of nitrogens with zero attached hydrogens (tertiary/aromatic N) is 3. The third-order valence-electron chi connectivity index (χ3n) is 4.98. The van der Waals surface area contributed by atoms with E-state index in [9.17, 15) is 4.79 Å². The molecule has 0 aliphatic rings. The zero-order valence-corrected chi connectivity index (χ0v) is 19.0. The molecule has 0 spiro atoms. The van der Waals surface area contributed by atoms with Crippen molar-refractivity contribution in [2.45, 2.75) is 13.8 Å². The third-order valence-corrected chi connectivity index (χ3v) is 5.47. The summed E-state index contributed by atoms with van der Waals surface area (Å²) in [7, 11) is 1.60. The number of amides is 1.